The lowest BCUT2D eigenvalue weighted by molar-refractivity contribution is -0.116. The van der Waals surface area contributed by atoms with E-state index in [1.165, 1.54) is 18.2 Å². The fraction of sp³-hybridized carbons (Fsp3) is 0.133. The summed E-state index contributed by atoms with van der Waals surface area (Å²) in [5.41, 5.74) is 0.983. The average molecular weight is 385 g/mol. The first kappa shape index (κ1) is 14.8. The van der Waals surface area contributed by atoms with Gasteiger partial charge in [0.25, 0.3) is 0 Å². The number of carbonyl (C=O) groups is 1. The molecule has 3 nitrogen and oxygen atoms in total. The molecule has 5 heteroatoms. The van der Waals surface area contributed by atoms with Crippen LogP contribution in [0.15, 0.2) is 46.9 Å². The summed E-state index contributed by atoms with van der Waals surface area (Å²) < 4.78 is 18.8. The normalized spacial score (nSPS) is 10.9. The maximum Gasteiger partial charge on any atom is 0.244 e. The van der Waals surface area contributed by atoms with Crippen LogP contribution in [0.2, 0.25) is 0 Å². The minimum absolute atomic E-state index is 0.182. The van der Waals surface area contributed by atoms with E-state index in [1.54, 1.807) is 24.3 Å². The van der Waals surface area contributed by atoms with Crippen molar-refractivity contribution < 1.29 is 13.6 Å². The zero-order valence-corrected chi connectivity index (χ0v) is 12.8. The van der Waals surface area contributed by atoms with Crippen molar-refractivity contribution in [1.82, 2.24) is 5.32 Å². The van der Waals surface area contributed by atoms with Gasteiger partial charge >= 0.3 is 0 Å². The minimum Gasteiger partial charge on any atom is -0.451 e. The molecular formula is C15H13FINO2. The van der Waals surface area contributed by atoms with E-state index in [0.717, 1.165) is 9.33 Å². The third kappa shape index (κ3) is 4.80. The maximum absolute atomic E-state index is 12.7. The highest BCUT2D eigenvalue weighted by Crippen LogP contribution is 2.11. The van der Waals surface area contributed by atoms with Crippen LogP contribution in [0.25, 0.3) is 6.08 Å². The zero-order chi connectivity index (χ0) is 14.4. The van der Waals surface area contributed by atoms with Crippen molar-refractivity contribution in [2.45, 2.75) is 6.42 Å². The molecule has 0 fully saturated rings. The van der Waals surface area contributed by atoms with Crippen molar-refractivity contribution in [3.05, 3.63) is 63.4 Å². The predicted octanol–water partition coefficient (Wildman–Crippen LogP) is 3.40. The van der Waals surface area contributed by atoms with Crippen molar-refractivity contribution in [3.8, 4) is 0 Å². The highest BCUT2D eigenvalue weighted by atomic mass is 127. The molecule has 1 amide bonds. The largest absolute Gasteiger partial charge is 0.451 e. The summed E-state index contributed by atoms with van der Waals surface area (Å²) in [5.74, 6) is 0.204. The third-order valence-corrected chi connectivity index (χ3v) is 3.20. The number of hydrogen-bond donors (Lipinski definition) is 1. The van der Waals surface area contributed by atoms with Crippen LogP contribution in [0.1, 0.15) is 11.3 Å². The summed E-state index contributed by atoms with van der Waals surface area (Å²) in [6.45, 7) is 0.504. The topological polar surface area (TPSA) is 42.2 Å². The molecule has 1 heterocycles. The number of amides is 1. The Morgan fingerprint density at radius 3 is 2.65 bits per heavy atom. The lowest BCUT2D eigenvalue weighted by Gasteiger charge is -2.02. The second kappa shape index (κ2) is 7.23. The lowest BCUT2D eigenvalue weighted by Crippen LogP contribution is -2.23. The monoisotopic (exact) mass is 385 g/mol. The van der Waals surface area contributed by atoms with E-state index >= 15 is 0 Å². The summed E-state index contributed by atoms with van der Waals surface area (Å²) in [6.07, 6.45) is 3.72. The summed E-state index contributed by atoms with van der Waals surface area (Å²) in [4.78, 5) is 11.6. The highest BCUT2D eigenvalue weighted by Gasteiger charge is 1.99. The number of rotatable bonds is 5. The van der Waals surface area contributed by atoms with Crippen LogP contribution in [0.4, 0.5) is 4.39 Å². The number of halogens is 2. The van der Waals surface area contributed by atoms with E-state index in [9.17, 15) is 9.18 Å². The van der Waals surface area contributed by atoms with E-state index < -0.39 is 0 Å². The molecule has 0 bridgehead atoms. The highest BCUT2D eigenvalue weighted by molar-refractivity contribution is 14.1. The van der Waals surface area contributed by atoms with Gasteiger partial charge in [-0.2, -0.15) is 0 Å². The first-order chi connectivity index (χ1) is 9.63. The Bertz CT molecular complexity index is 605. The Labute approximate surface area is 130 Å². The van der Waals surface area contributed by atoms with Gasteiger partial charge in [0.05, 0.1) is 0 Å². The second-order valence-electron chi connectivity index (χ2n) is 4.14. The van der Waals surface area contributed by atoms with Gasteiger partial charge in [0, 0.05) is 12.6 Å². The molecular weight excluding hydrogens is 372 g/mol. The molecule has 0 aliphatic carbocycles. The summed E-state index contributed by atoms with van der Waals surface area (Å²) >= 11 is 2.06. The van der Waals surface area contributed by atoms with Crippen molar-refractivity contribution in [1.29, 1.82) is 0 Å². The van der Waals surface area contributed by atoms with Crippen molar-refractivity contribution in [3.63, 3.8) is 0 Å². The number of carbonyl (C=O) groups excluding carboxylic acids is 1. The van der Waals surface area contributed by atoms with E-state index in [1.807, 2.05) is 6.07 Å². The standard InChI is InChI=1S/C15H13FINO2/c16-12-3-1-11(2-4-12)9-10-18-15(19)8-6-13-5-7-14(17)20-13/h1-8H,9-10H2,(H,18,19)/b8-6+. The van der Waals surface area contributed by atoms with Crippen LogP contribution in [0, 0.1) is 9.58 Å². The average Bonchev–Trinajstić information content (AvgIpc) is 2.85. The molecule has 1 aromatic heterocycles. The molecule has 0 saturated carbocycles. The van der Waals surface area contributed by atoms with E-state index in [2.05, 4.69) is 27.9 Å². The quantitative estimate of drug-likeness (QED) is 0.634. The SMILES string of the molecule is O=C(/C=C/c1ccc(I)o1)NCCc1ccc(F)cc1. The molecule has 0 aliphatic heterocycles. The van der Waals surface area contributed by atoms with Crippen LogP contribution in [0.3, 0.4) is 0 Å². The summed E-state index contributed by atoms with van der Waals surface area (Å²) in [7, 11) is 0. The number of hydrogen-bond acceptors (Lipinski definition) is 2. The van der Waals surface area contributed by atoms with Crippen LogP contribution in [-0.2, 0) is 11.2 Å². The van der Waals surface area contributed by atoms with Gasteiger partial charge in [-0.1, -0.05) is 12.1 Å². The number of furan rings is 1. The first-order valence-electron chi connectivity index (χ1n) is 6.09. The van der Waals surface area contributed by atoms with Gasteiger partial charge < -0.3 is 9.73 Å². The van der Waals surface area contributed by atoms with E-state index in [4.69, 9.17) is 4.42 Å². The van der Waals surface area contributed by atoms with Gasteiger partial charge in [-0.3, -0.25) is 4.79 Å². The van der Waals surface area contributed by atoms with Gasteiger partial charge in [0.1, 0.15) is 11.6 Å². The molecule has 0 unspecified atom stereocenters. The first-order valence-corrected chi connectivity index (χ1v) is 7.17. The Balaban J connectivity index is 1.75. The molecule has 2 rings (SSSR count). The zero-order valence-electron chi connectivity index (χ0n) is 10.6. The van der Waals surface area contributed by atoms with Crippen LogP contribution >= 0.6 is 22.6 Å². The molecule has 0 radical (unpaired) electrons. The molecule has 2 aromatic rings. The Kier molecular flexibility index (Phi) is 5.34. The maximum atomic E-state index is 12.7. The van der Waals surface area contributed by atoms with Gasteiger partial charge in [-0.15, -0.1) is 0 Å². The predicted molar refractivity (Wildman–Crippen MR) is 83.6 cm³/mol. The molecule has 0 saturated heterocycles. The number of nitrogens with one attached hydrogen (secondary N) is 1. The van der Waals surface area contributed by atoms with Crippen LogP contribution < -0.4 is 5.32 Å². The van der Waals surface area contributed by atoms with Crippen LogP contribution in [0.5, 0.6) is 0 Å². The molecule has 20 heavy (non-hydrogen) atoms. The van der Waals surface area contributed by atoms with Crippen molar-refractivity contribution in [2.75, 3.05) is 6.54 Å². The Morgan fingerprint density at radius 2 is 2.00 bits per heavy atom. The minimum atomic E-state index is -0.256. The van der Waals surface area contributed by atoms with Gasteiger partial charge in [-0.05, 0) is 64.9 Å². The fourth-order valence-electron chi connectivity index (χ4n) is 1.62. The van der Waals surface area contributed by atoms with E-state index in [-0.39, 0.29) is 11.7 Å². The second-order valence-corrected chi connectivity index (χ2v) is 5.21. The molecule has 104 valence electrons. The van der Waals surface area contributed by atoms with Gasteiger partial charge in [-0.25, -0.2) is 4.39 Å². The smallest absolute Gasteiger partial charge is 0.244 e. The Morgan fingerprint density at radius 1 is 1.25 bits per heavy atom. The van der Waals surface area contributed by atoms with Gasteiger partial charge in [0.2, 0.25) is 5.91 Å². The Hall–Kier alpha value is -1.63. The molecule has 1 N–H and O–H groups in total. The molecule has 0 spiro atoms. The lowest BCUT2D eigenvalue weighted by atomic mass is 10.1. The summed E-state index contributed by atoms with van der Waals surface area (Å²) in [5, 5.41) is 2.76. The van der Waals surface area contributed by atoms with Crippen molar-refractivity contribution in [2.24, 2.45) is 0 Å². The number of benzene rings is 1. The third-order valence-electron chi connectivity index (χ3n) is 2.62. The molecule has 0 aliphatic rings. The molecule has 1 aromatic carbocycles. The molecule has 0 atom stereocenters. The summed E-state index contributed by atoms with van der Waals surface area (Å²) in [6, 6.07) is 9.87. The van der Waals surface area contributed by atoms with Crippen LogP contribution in [-0.4, -0.2) is 12.5 Å². The van der Waals surface area contributed by atoms with E-state index in [0.29, 0.717) is 18.7 Å². The van der Waals surface area contributed by atoms with Gasteiger partial charge in [0.15, 0.2) is 3.77 Å². The fourth-order valence-corrected chi connectivity index (χ4v) is 2.05. The van der Waals surface area contributed by atoms with Crippen molar-refractivity contribution >= 4 is 34.6 Å².